The van der Waals surface area contributed by atoms with E-state index in [2.05, 4.69) is 11.8 Å². The molecule has 0 spiro atoms. The lowest BCUT2D eigenvalue weighted by Gasteiger charge is -2.26. The maximum atomic E-state index is 5.74. The molecule has 1 nitrogen and oxygen atoms in total. The SMILES string of the molecule is ClCC#Cc1ccc(OC2CCC2)cc1. The molecule has 78 valence electrons. The summed E-state index contributed by atoms with van der Waals surface area (Å²) in [5, 5.41) is 0. The first-order chi connectivity index (χ1) is 7.38. The molecule has 1 aromatic carbocycles. The maximum Gasteiger partial charge on any atom is 0.119 e. The van der Waals surface area contributed by atoms with Gasteiger partial charge in [0.05, 0.1) is 12.0 Å². The summed E-state index contributed by atoms with van der Waals surface area (Å²) in [7, 11) is 0. The number of halogens is 1. The van der Waals surface area contributed by atoms with Gasteiger partial charge in [0, 0.05) is 5.56 Å². The summed E-state index contributed by atoms with van der Waals surface area (Å²) < 4.78 is 5.74. The Morgan fingerprint density at radius 3 is 2.53 bits per heavy atom. The Labute approximate surface area is 95.4 Å². The number of hydrogen-bond acceptors (Lipinski definition) is 1. The third-order valence-corrected chi connectivity index (χ3v) is 2.64. The Balaban J connectivity index is 1.96. The molecule has 2 rings (SSSR count). The average Bonchev–Trinajstić information content (AvgIpc) is 2.22. The van der Waals surface area contributed by atoms with Crippen molar-refractivity contribution in [1.82, 2.24) is 0 Å². The molecule has 1 fully saturated rings. The van der Waals surface area contributed by atoms with Gasteiger partial charge in [-0.25, -0.2) is 0 Å². The molecule has 1 aliphatic carbocycles. The van der Waals surface area contributed by atoms with Gasteiger partial charge in [0.25, 0.3) is 0 Å². The van der Waals surface area contributed by atoms with Crippen molar-refractivity contribution in [1.29, 1.82) is 0 Å². The zero-order chi connectivity index (χ0) is 10.5. The van der Waals surface area contributed by atoms with Gasteiger partial charge in [-0.15, -0.1) is 11.6 Å². The normalized spacial score (nSPS) is 15.0. The molecular weight excluding hydrogens is 208 g/mol. The summed E-state index contributed by atoms with van der Waals surface area (Å²) in [6, 6.07) is 7.87. The van der Waals surface area contributed by atoms with E-state index in [9.17, 15) is 0 Å². The number of ether oxygens (including phenoxy) is 1. The van der Waals surface area contributed by atoms with Crippen LogP contribution in [0.4, 0.5) is 0 Å². The predicted molar refractivity (Wildman–Crippen MR) is 62.3 cm³/mol. The molecule has 1 aliphatic rings. The molecule has 15 heavy (non-hydrogen) atoms. The van der Waals surface area contributed by atoms with Gasteiger partial charge in [-0.1, -0.05) is 11.8 Å². The van der Waals surface area contributed by atoms with Crippen molar-refractivity contribution in [3.8, 4) is 17.6 Å². The number of hydrogen-bond donors (Lipinski definition) is 0. The number of benzene rings is 1. The minimum atomic E-state index is 0.375. The van der Waals surface area contributed by atoms with Gasteiger partial charge in [0.2, 0.25) is 0 Å². The summed E-state index contributed by atoms with van der Waals surface area (Å²) in [6.07, 6.45) is 4.11. The summed E-state index contributed by atoms with van der Waals surface area (Å²) >= 11 is 5.48. The number of rotatable bonds is 2. The van der Waals surface area contributed by atoms with Gasteiger partial charge in [-0.2, -0.15) is 0 Å². The fourth-order valence-electron chi connectivity index (χ4n) is 1.43. The molecule has 1 aromatic rings. The second-order valence-corrected chi connectivity index (χ2v) is 3.90. The van der Waals surface area contributed by atoms with Gasteiger partial charge in [0.1, 0.15) is 5.75 Å². The van der Waals surface area contributed by atoms with E-state index in [1.807, 2.05) is 24.3 Å². The van der Waals surface area contributed by atoms with Crippen LogP contribution in [0, 0.1) is 11.8 Å². The monoisotopic (exact) mass is 220 g/mol. The highest BCUT2D eigenvalue weighted by atomic mass is 35.5. The Morgan fingerprint density at radius 2 is 2.00 bits per heavy atom. The van der Waals surface area contributed by atoms with Crippen LogP contribution >= 0.6 is 11.6 Å². The van der Waals surface area contributed by atoms with Crippen LogP contribution in [0.1, 0.15) is 24.8 Å². The van der Waals surface area contributed by atoms with Crippen molar-refractivity contribution in [3.05, 3.63) is 29.8 Å². The van der Waals surface area contributed by atoms with Crippen molar-refractivity contribution >= 4 is 11.6 Å². The minimum Gasteiger partial charge on any atom is -0.490 e. The van der Waals surface area contributed by atoms with Crippen molar-refractivity contribution in [2.45, 2.75) is 25.4 Å². The van der Waals surface area contributed by atoms with Crippen LogP contribution < -0.4 is 4.74 Å². The summed E-state index contributed by atoms with van der Waals surface area (Å²) in [4.78, 5) is 0. The maximum absolute atomic E-state index is 5.74. The van der Waals surface area contributed by atoms with E-state index in [-0.39, 0.29) is 0 Å². The first kappa shape index (κ1) is 10.4. The zero-order valence-corrected chi connectivity index (χ0v) is 9.26. The molecule has 0 aliphatic heterocycles. The van der Waals surface area contributed by atoms with Crippen molar-refractivity contribution in [3.63, 3.8) is 0 Å². The van der Waals surface area contributed by atoms with Crippen LogP contribution in [0.5, 0.6) is 5.75 Å². The number of alkyl halides is 1. The highest BCUT2D eigenvalue weighted by Gasteiger charge is 2.18. The molecule has 1 saturated carbocycles. The Morgan fingerprint density at radius 1 is 1.27 bits per heavy atom. The molecule has 0 unspecified atom stereocenters. The molecule has 0 bridgehead atoms. The smallest absolute Gasteiger partial charge is 0.119 e. The van der Waals surface area contributed by atoms with Crippen LogP contribution in [0.2, 0.25) is 0 Å². The summed E-state index contributed by atoms with van der Waals surface area (Å²) in [6.45, 7) is 0. The molecular formula is C13H13ClO. The van der Waals surface area contributed by atoms with Crippen LogP contribution in [0.3, 0.4) is 0 Å². The third-order valence-electron chi connectivity index (χ3n) is 2.51. The first-order valence-electron chi connectivity index (χ1n) is 5.20. The first-order valence-corrected chi connectivity index (χ1v) is 5.73. The molecule has 2 heteroatoms. The van der Waals surface area contributed by atoms with E-state index >= 15 is 0 Å². The molecule has 0 heterocycles. The van der Waals surface area contributed by atoms with Crippen molar-refractivity contribution in [2.24, 2.45) is 0 Å². The summed E-state index contributed by atoms with van der Waals surface area (Å²) in [5.74, 6) is 7.10. The fourth-order valence-corrected chi connectivity index (χ4v) is 1.50. The largest absolute Gasteiger partial charge is 0.490 e. The van der Waals surface area contributed by atoms with Crippen molar-refractivity contribution < 1.29 is 4.74 Å². The molecule has 0 N–H and O–H groups in total. The zero-order valence-electron chi connectivity index (χ0n) is 8.50. The Kier molecular flexibility index (Phi) is 3.53. The van der Waals surface area contributed by atoms with Crippen LogP contribution in [-0.2, 0) is 0 Å². The van der Waals surface area contributed by atoms with Gasteiger partial charge >= 0.3 is 0 Å². The minimum absolute atomic E-state index is 0.375. The molecule has 0 saturated heterocycles. The van der Waals surface area contributed by atoms with E-state index in [0.717, 1.165) is 11.3 Å². The van der Waals surface area contributed by atoms with Gasteiger partial charge in [0.15, 0.2) is 0 Å². The lowest BCUT2D eigenvalue weighted by atomic mass is 9.96. The Bertz CT molecular complexity index is 368. The predicted octanol–water partition coefficient (Wildman–Crippen LogP) is 3.21. The molecule has 0 radical (unpaired) electrons. The average molecular weight is 221 g/mol. The highest BCUT2D eigenvalue weighted by Crippen LogP contribution is 2.24. The lowest BCUT2D eigenvalue weighted by molar-refractivity contribution is 0.120. The molecule has 0 atom stereocenters. The van der Waals surface area contributed by atoms with E-state index in [1.54, 1.807) is 0 Å². The second-order valence-electron chi connectivity index (χ2n) is 3.63. The Hall–Kier alpha value is -1.13. The van der Waals surface area contributed by atoms with Gasteiger partial charge in [-0.3, -0.25) is 0 Å². The standard InChI is InChI=1S/C13H13ClO/c14-10-2-3-11-6-8-13(9-7-11)15-12-4-1-5-12/h6-9,12H,1,4-5,10H2. The quantitative estimate of drug-likeness (QED) is 0.550. The van der Waals surface area contributed by atoms with Crippen molar-refractivity contribution in [2.75, 3.05) is 5.88 Å². The molecule has 0 amide bonds. The highest BCUT2D eigenvalue weighted by molar-refractivity contribution is 6.19. The van der Waals surface area contributed by atoms with Crippen LogP contribution in [-0.4, -0.2) is 12.0 Å². The van der Waals surface area contributed by atoms with Crippen LogP contribution in [0.15, 0.2) is 24.3 Å². The van der Waals surface area contributed by atoms with E-state index in [1.165, 1.54) is 19.3 Å². The molecule has 0 aromatic heterocycles. The van der Waals surface area contributed by atoms with E-state index in [4.69, 9.17) is 16.3 Å². The van der Waals surface area contributed by atoms with Gasteiger partial charge < -0.3 is 4.74 Å². The van der Waals surface area contributed by atoms with E-state index in [0.29, 0.717) is 12.0 Å². The fraction of sp³-hybridized carbons (Fsp3) is 0.385. The lowest BCUT2D eigenvalue weighted by Crippen LogP contribution is -2.24. The summed E-state index contributed by atoms with van der Waals surface area (Å²) in [5.41, 5.74) is 0.983. The van der Waals surface area contributed by atoms with Gasteiger partial charge in [-0.05, 0) is 43.5 Å². The second kappa shape index (κ2) is 5.09. The topological polar surface area (TPSA) is 9.23 Å². The van der Waals surface area contributed by atoms with Crippen LogP contribution in [0.25, 0.3) is 0 Å². The third kappa shape index (κ3) is 2.91. The van der Waals surface area contributed by atoms with E-state index < -0.39 is 0 Å².